The van der Waals surface area contributed by atoms with Gasteiger partial charge in [-0.05, 0) is 57.0 Å². The molecule has 1 aliphatic heterocycles. The highest BCUT2D eigenvalue weighted by Crippen LogP contribution is 2.31. The number of nitrogens with one attached hydrogen (secondary N) is 2. The zero-order valence-corrected chi connectivity index (χ0v) is 13.8. The molecule has 1 heterocycles. The summed E-state index contributed by atoms with van der Waals surface area (Å²) >= 11 is 0. The molecule has 0 spiro atoms. The highest BCUT2D eigenvalue weighted by molar-refractivity contribution is 5.85. The zero-order valence-electron chi connectivity index (χ0n) is 13.0. The van der Waals surface area contributed by atoms with Crippen molar-refractivity contribution in [1.82, 2.24) is 10.6 Å². The smallest absolute Gasteiger partial charge is 0.223 e. The van der Waals surface area contributed by atoms with Crippen LogP contribution in [-0.4, -0.2) is 25.0 Å². The normalized spacial score (nSPS) is 27.4. The summed E-state index contributed by atoms with van der Waals surface area (Å²) in [5, 5.41) is 6.68. The molecule has 2 N–H and O–H groups in total. The zero-order chi connectivity index (χ0) is 13.7. The van der Waals surface area contributed by atoms with Gasteiger partial charge in [0, 0.05) is 12.0 Å². The maximum Gasteiger partial charge on any atom is 0.223 e. The average molecular weight is 303 g/mol. The fourth-order valence-corrected chi connectivity index (χ4v) is 3.50. The monoisotopic (exact) mass is 302 g/mol. The van der Waals surface area contributed by atoms with E-state index in [9.17, 15) is 4.79 Å². The van der Waals surface area contributed by atoms with Gasteiger partial charge in [0.25, 0.3) is 0 Å². The number of carbonyl (C=O) groups excluding carboxylic acids is 1. The van der Waals surface area contributed by atoms with Gasteiger partial charge in [0.15, 0.2) is 0 Å². The van der Waals surface area contributed by atoms with Crippen LogP contribution in [0.3, 0.4) is 0 Å². The van der Waals surface area contributed by atoms with Gasteiger partial charge in [0.2, 0.25) is 5.91 Å². The second-order valence-corrected chi connectivity index (χ2v) is 6.80. The van der Waals surface area contributed by atoms with Gasteiger partial charge in [-0.2, -0.15) is 0 Å². The van der Waals surface area contributed by atoms with E-state index in [1.807, 2.05) is 0 Å². The molecular weight excluding hydrogens is 272 g/mol. The Labute approximate surface area is 130 Å². The Morgan fingerprint density at radius 3 is 2.55 bits per heavy atom. The average Bonchev–Trinajstić information content (AvgIpc) is 2.84. The third kappa shape index (κ3) is 5.25. The molecule has 3 nitrogen and oxygen atoms in total. The molecule has 20 heavy (non-hydrogen) atoms. The molecule has 1 saturated carbocycles. The molecule has 2 atom stereocenters. The lowest BCUT2D eigenvalue weighted by Crippen LogP contribution is -2.44. The first kappa shape index (κ1) is 17.8. The van der Waals surface area contributed by atoms with Crippen molar-refractivity contribution < 1.29 is 4.79 Å². The van der Waals surface area contributed by atoms with E-state index in [1.54, 1.807) is 0 Å². The minimum absolute atomic E-state index is 0. The van der Waals surface area contributed by atoms with Crippen molar-refractivity contribution in [2.24, 2.45) is 17.8 Å². The second-order valence-electron chi connectivity index (χ2n) is 6.80. The minimum atomic E-state index is 0. The molecule has 0 aromatic rings. The van der Waals surface area contributed by atoms with Crippen LogP contribution in [0, 0.1) is 17.8 Å². The molecular formula is C16H31ClN2O. The molecule has 2 unspecified atom stereocenters. The number of piperidine rings is 1. The van der Waals surface area contributed by atoms with E-state index in [-0.39, 0.29) is 18.3 Å². The number of hydrogen-bond donors (Lipinski definition) is 2. The summed E-state index contributed by atoms with van der Waals surface area (Å²) < 4.78 is 0. The van der Waals surface area contributed by atoms with Crippen molar-refractivity contribution in [3.63, 3.8) is 0 Å². The largest absolute Gasteiger partial charge is 0.353 e. The molecule has 1 saturated heterocycles. The van der Waals surface area contributed by atoms with E-state index in [2.05, 4.69) is 24.5 Å². The maximum atomic E-state index is 12.3. The van der Waals surface area contributed by atoms with Crippen LogP contribution in [0.15, 0.2) is 0 Å². The molecule has 1 aliphatic carbocycles. The van der Waals surface area contributed by atoms with Gasteiger partial charge in [0.1, 0.15) is 0 Å². The van der Waals surface area contributed by atoms with E-state index < -0.39 is 0 Å². The molecule has 2 rings (SSSR count). The lowest BCUT2D eigenvalue weighted by atomic mass is 9.92. The van der Waals surface area contributed by atoms with Gasteiger partial charge in [-0.3, -0.25) is 4.79 Å². The Balaban J connectivity index is 0.00000200. The molecule has 1 amide bonds. The van der Waals surface area contributed by atoms with E-state index in [0.29, 0.717) is 11.9 Å². The number of rotatable bonds is 5. The molecule has 2 aliphatic rings. The lowest BCUT2D eigenvalue weighted by Gasteiger charge is -2.26. The van der Waals surface area contributed by atoms with Crippen LogP contribution in [0.1, 0.15) is 58.8 Å². The number of amides is 1. The third-order valence-corrected chi connectivity index (χ3v) is 4.81. The summed E-state index contributed by atoms with van der Waals surface area (Å²) in [5.41, 5.74) is 0. The molecule has 0 aromatic heterocycles. The number of hydrogen-bond acceptors (Lipinski definition) is 2. The third-order valence-electron chi connectivity index (χ3n) is 4.81. The van der Waals surface area contributed by atoms with Gasteiger partial charge in [-0.25, -0.2) is 0 Å². The van der Waals surface area contributed by atoms with Crippen molar-refractivity contribution in [3.8, 4) is 0 Å². The van der Waals surface area contributed by atoms with Gasteiger partial charge < -0.3 is 10.6 Å². The summed E-state index contributed by atoms with van der Waals surface area (Å²) in [6.07, 6.45) is 8.40. The molecule has 0 radical (unpaired) electrons. The molecule has 118 valence electrons. The van der Waals surface area contributed by atoms with Gasteiger partial charge in [-0.15, -0.1) is 12.4 Å². The highest BCUT2D eigenvalue weighted by atomic mass is 35.5. The first-order valence-corrected chi connectivity index (χ1v) is 8.18. The van der Waals surface area contributed by atoms with Crippen molar-refractivity contribution in [3.05, 3.63) is 0 Å². The van der Waals surface area contributed by atoms with Crippen molar-refractivity contribution in [2.75, 3.05) is 13.1 Å². The predicted molar refractivity (Wildman–Crippen MR) is 86.2 cm³/mol. The second kappa shape index (κ2) is 8.89. The molecule has 0 bridgehead atoms. The lowest BCUT2D eigenvalue weighted by molar-refractivity contribution is -0.126. The van der Waals surface area contributed by atoms with Gasteiger partial charge in [-0.1, -0.05) is 26.7 Å². The Hall–Kier alpha value is -0.280. The Kier molecular flexibility index (Phi) is 7.90. The molecule has 4 heteroatoms. The van der Waals surface area contributed by atoms with Crippen molar-refractivity contribution in [1.29, 1.82) is 0 Å². The van der Waals surface area contributed by atoms with Crippen LogP contribution in [0.2, 0.25) is 0 Å². The Morgan fingerprint density at radius 2 is 1.90 bits per heavy atom. The molecule has 2 fully saturated rings. The molecule has 0 aromatic carbocycles. The van der Waals surface area contributed by atoms with E-state index in [4.69, 9.17) is 0 Å². The Morgan fingerprint density at radius 1 is 1.20 bits per heavy atom. The van der Waals surface area contributed by atoms with E-state index >= 15 is 0 Å². The van der Waals surface area contributed by atoms with Gasteiger partial charge in [0.05, 0.1) is 0 Å². The number of carbonyl (C=O) groups is 1. The SMILES string of the molecule is CC(C)CCC1CCCC1NC(=O)C1CCNCC1.Cl. The van der Waals surface area contributed by atoms with Gasteiger partial charge >= 0.3 is 0 Å². The van der Waals surface area contributed by atoms with Crippen LogP contribution >= 0.6 is 12.4 Å². The van der Waals surface area contributed by atoms with Crippen molar-refractivity contribution in [2.45, 2.75) is 64.8 Å². The van der Waals surface area contributed by atoms with Crippen molar-refractivity contribution >= 4 is 18.3 Å². The minimum Gasteiger partial charge on any atom is -0.353 e. The standard InChI is InChI=1S/C16H30N2O.ClH/c1-12(2)6-7-13-4-3-5-15(13)18-16(19)14-8-10-17-11-9-14;/h12-15,17H,3-11H2,1-2H3,(H,18,19);1H. The summed E-state index contributed by atoms with van der Waals surface area (Å²) in [6, 6.07) is 0.459. The Bertz CT molecular complexity index is 290. The van der Waals surface area contributed by atoms with E-state index in [1.165, 1.54) is 32.1 Å². The quantitative estimate of drug-likeness (QED) is 0.819. The van der Waals surface area contributed by atoms with E-state index in [0.717, 1.165) is 37.8 Å². The highest BCUT2D eigenvalue weighted by Gasteiger charge is 2.30. The first-order valence-electron chi connectivity index (χ1n) is 8.18. The van der Waals surface area contributed by atoms with Crippen LogP contribution in [0.4, 0.5) is 0 Å². The van der Waals surface area contributed by atoms with Crippen LogP contribution in [0.25, 0.3) is 0 Å². The fourth-order valence-electron chi connectivity index (χ4n) is 3.50. The maximum absolute atomic E-state index is 12.3. The predicted octanol–water partition coefficient (Wildman–Crippen LogP) is 3.13. The summed E-state index contributed by atoms with van der Waals surface area (Å²) in [7, 11) is 0. The van der Waals surface area contributed by atoms with Crippen LogP contribution in [0.5, 0.6) is 0 Å². The fraction of sp³-hybridized carbons (Fsp3) is 0.938. The number of halogens is 1. The summed E-state index contributed by atoms with van der Waals surface area (Å²) in [6.45, 7) is 6.58. The summed E-state index contributed by atoms with van der Waals surface area (Å²) in [5.74, 6) is 2.09. The summed E-state index contributed by atoms with van der Waals surface area (Å²) in [4.78, 5) is 12.3. The first-order chi connectivity index (χ1) is 9.16. The van der Waals surface area contributed by atoms with Crippen LogP contribution < -0.4 is 10.6 Å². The topological polar surface area (TPSA) is 41.1 Å². The van der Waals surface area contributed by atoms with Crippen LogP contribution in [-0.2, 0) is 4.79 Å².